The number of fused-ring (bicyclic) bond motifs is 1. The number of hydrogen-bond acceptors (Lipinski definition) is 1. The van der Waals surface area contributed by atoms with Gasteiger partial charge in [0.15, 0.2) is 0 Å². The highest BCUT2D eigenvalue weighted by Gasteiger charge is 2.19. The number of carbonyl (C=O) groups excluding carboxylic acids is 1. The van der Waals surface area contributed by atoms with Crippen molar-refractivity contribution in [2.75, 3.05) is 6.54 Å². The van der Waals surface area contributed by atoms with Gasteiger partial charge in [-0.05, 0) is 55.7 Å². The number of rotatable bonds is 7. The molecule has 1 aliphatic rings. The van der Waals surface area contributed by atoms with Crippen molar-refractivity contribution in [2.24, 2.45) is 0 Å². The van der Waals surface area contributed by atoms with Crippen LogP contribution < -0.4 is 0 Å². The summed E-state index contributed by atoms with van der Waals surface area (Å²) < 4.78 is 0. The maximum atomic E-state index is 12.6. The maximum absolute atomic E-state index is 12.6. The van der Waals surface area contributed by atoms with Crippen molar-refractivity contribution in [1.29, 1.82) is 0 Å². The Labute approximate surface area is 129 Å². The second-order valence-electron chi connectivity index (χ2n) is 6.33. The zero-order chi connectivity index (χ0) is 15.2. The van der Waals surface area contributed by atoms with Gasteiger partial charge in [0.05, 0.1) is 6.42 Å². The molecule has 0 aliphatic heterocycles. The predicted molar refractivity (Wildman–Crippen MR) is 88.5 cm³/mol. The molecule has 0 aromatic heterocycles. The lowest BCUT2D eigenvalue weighted by atomic mass is 10.0. The Balaban J connectivity index is 2.03. The number of hydrogen-bond donors (Lipinski definition) is 0. The molecule has 21 heavy (non-hydrogen) atoms. The summed E-state index contributed by atoms with van der Waals surface area (Å²) in [6.45, 7) is 7.40. The van der Waals surface area contributed by atoms with E-state index in [9.17, 15) is 4.79 Å². The first-order chi connectivity index (χ1) is 10.2. The SMILES string of the molecule is CCCCN(C(=O)Cc1ccc2c(c1)CCC2)C(C)CC. The van der Waals surface area contributed by atoms with Crippen LogP contribution in [0.15, 0.2) is 18.2 Å². The number of aryl methyl sites for hydroxylation is 2. The number of carbonyl (C=O) groups is 1. The summed E-state index contributed by atoms with van der Waals surface area (Å²) in [7, 11) is 0. The summed E-state index contributed by atoms with van der Waals surface area (Å²) in [4.78, 5) is 14.7. The van der Waals surface area contributed by atoms with E-state index in [-0.39, 0.29) is 5.91 Å². The molecule has 116 valence electrons. The fourth-order valence-electron chi connectivity index (χ4n) is 3.15. The van der Waals surface area contributed by atoms with E-state index in [0.29, 0.717) is 12.5 Å². The molecule has 0 saturated carbocycles. The van der Waals surface area contributed by atoms with E-state index in [0.717, 1.165) is 25.8 Å². The molecule has 1 amide bonds. The Morgan fingerprint density at radius 1 is 1.24 bits per heavy atom. The quantitative estimate of drug-likeness (QED) is 0.738. The van der Waals surface area contributed by atoms with Gasteiger partial charge in [-0.3, -0.25) is 4.79 Å². The van der Waals surface area contributed by atoms with Crippen LogP contribution in [0.2, 0.25) is 0 Å². The molecule has 1 atom stereocenters. The predicted octanol–water partition coefficient (Wildman–Crippen LogP) is 4.15. The number of unbranched alkanes of at least 4 members (excludes halogenated alkanes) is 1. The van der Waals surface area contributed by atoms with Gasteiger partial charge in [0.2, 0.25) is 5.91 Å². The fourth-order valence-corrected chi connectivity index (χ4v) is 3.15. The molecule has 0 bridgehead atoms. The van der Waals surface area contributed by atoms with Gasteiger partial charge in [-0.2, -0.15) is 0 Å². The van der Waals surface area contributed by atoms with Crippen LogP contribution in [0.4, 0.5) is 0 Å². The van der Waals surface area contributed by atoms with Gasteiger partial charge < -0.3 is 4.90 Å². The third-order valence-electron chi connectivity index (χ3n) is 4.71. The zero-order valence-electron chi connectivity index (χ0n) is 13.8. The second-order valence-corrected chi connectivity index (χ2v) is 6.33. The minimum absolute atomic E-state index is 0.288. The van der Waals surface area contributed by atoms with Crippen LogP contribution in [-0.2, 0) is 24.1 Å². The highest BCUT2D eigenvalue weighted by molar-refractivity contribution is 5.79. The van der Waals surface area contributed by atoms with E-state index in [1.54, 1.807) is 0 Å². The molecule has 0 N–H and O–H groups in total. The first-order valence-corrected chi connectivity index (χ1v) is 8.55. The Morgan fingerprint density at radius 3 is 2.71 bits per heavy atom. The van der Waals surface area contributed by atoms with E-state index in [2.05, 4.69) is 43.9 Å². The van der Waals surface area contributed by atoms with Crippen LogP contribution in [0, 0.1) is 0 Å². The largest absolute Gasteiger partial charge is 0.340 e. The topological polar surface area (TPSA) is 20.3 Å². The first-order valence-electron chi connectivity index (χ1n) is 8.55. The van der Waals surface area contributed by atoms with E-state index >= 15 is 0 Å². The first kappa shape index (κ1) is 16.1. The summed E-state index contributed by atoms with van der Waals surface area (Å²) in [5.41, 5.74) is 4.13. The van der Waals surface area contributed by atoms with E-state index in [4.69, 9.17) is 0 Å². The molecular weight excluding hydrogens is 258 g/mol. The molecule has 2 nitrogen and oxygen atoms in total. The smallest absolute Gasteiger partial charge is 0.227 e. The molecular formula is C19H29NO. The van der Waals surface area contributed by atoms with Gasteiger partial charge in [0.25, 0.3) is 0 Å². The summed E-state index contributed by atoms with van der Waals surface area (Å²) in [5, 5.41) is 0. The third kappa shape index (κ3) is 4.09. The number of nitrogens with zero attached hydrogens (tertiary/aromatic N) is 1. The van der Waals surface area contributed by atoms with Crippen LogP contribution in [0.3, 0.4) is 0 Å². The van der Waals surface area contributed by atoms with Gasteiger partial charge in [-0.15, -0.1) is 0 Å². The highest BCUT2D eigenvalue weighted by Crippen LogP contribution is 2.23. The van der Waals surface area contributed by atoms with Crippen LogP contribution in [-0.4, -0.2) is 23.4 Å². The average Bonchev–Trinajstić information content (AvgIpc) is 2.94. The lowest BCUT2D eigenvalue weighted by Gasteiger charge is -2.29. The molecule has 0 spiro atoms. The van der Waals surface area contributed by atoms with Crippen molar-refractivity contribution in [3.63, 3.8) is 0 Å². The lowest BCUT2D eigenvalue weighted by Crippen LogP contribution is -2.40. The van der Waals surface area contributed by atoms with Crippen LogP contribution in [0.1, 0.15) is 63.1 Å². The minimum Gasteiger partial charge on any atom is -0.340 e. The second kappa shape index (κ2) is 7.63. The van der Waals surface area contributed by atoms with Crippen molar-refractivity contribution in [2.45, 2.75) is 71.8 Å². The summed E-state index contributed by atoms with van der Waals surface area (Å²) >= 11 is 0. The van der Waals surface area contributed by atoms with Crippen LogP contribution in [0.25, 0.3) is 0 Å². The van der Waals surface area contributed by atoms with Crippen LogP contribution >= 0.6 is 0 Å². The standard InChI is InChI=1S/C19H29NO/c1-4-6-12-20(15(3)5-2)19(21)14-16-10-11-17-8-7-9-18(17)13-16/h10-11,13,15H,4-9,12,14H2,1-3H3. The monoisotopic (exact) mass is 287 g/mol. The van der Waals surface area contributed by atoms with E-state index in [1.165, 1.54) is 36.0 Å². The molecule has 1 aliphatic carbocycles. The number of benzene rings is 1. The van der Waals surface area contributed by atoms with Crippen molar-refractivity contribution in [1.82, 2.24) is 4.90 Å². The zero-order valence-corrected chi connectivity index (χ0v) is 13.8. The van der Waals surface area contributed by atoms with Gasteiger partial charge >= 0.3 is 0 Å². The number of amides is 1. The van der Waals surface area contributed by atoms with Gasteiger partial charge in [-0.1, -0.05) is 38.5 Å². The molecule has 1 aromatic rings. The Hall–Kier alpha value is -1.31. The Morgan fingerprint density at radius 2 is 2.00 bits per heavy atom. The summed E-state index contributed by atoms with van der Waals surface area (Å²) in [6.07, 6.45) is 7.48. The molecule has 0 saturated heterocycles. The highest BCUT2D eigenvalue weighted by atomic mass is 16.2. The van der Waals surface area contributed by atoms with Crippen LogP contribution in [0.5, 0.6) is 0 Å². The van der Waals surface area contributed by atoms with Gasteiger partial charge in [-0.25, -0.2) is 0 Å². The molecule has 0 heterocycles. The van der Waals surface area contributed by atoms with E-state index < -0.39 is 0 Å². The molecule has 1 unspecified atom stereocenters. The molecule has 2 heteroatoms. The Kier molecular flexibility index (Phi) is 5.84. The van der Waals surface area contributed by atoms with Gasteiger partial charge in [0.1, 0.15) is 0 Å². The summed E-state index contributed by atoms with van der Waals surface area (Å²) in [5.74, 6) is 0.288. The fraction of sp³-hybridized carbons (Fsp3) is 0.632. The molecule has 1 aromatic carbocycles. The Bertz CT molecular complexity index is 480. The maximum Gasteiger partial charge on any atom is 0.227 e. The normalized spacial score (nSPS) is 14.8. The van der Waals surface area contributed by atoms with Crippen molar-refractivity contribution < 1.29 is 4.79 Å². The molecule has 0 fully saturated rings. The van der Waals surface area contributed by atoms with Crippen molar-refractivity contribution >= 4 is 5.91 Å². The molecule has 2 rings (SSSR count). The van der Waals surface area contributed by atoms with E-state index in [1.807, 2.05) is 0 Å². The van der Waals surface area contributed by atoms with Crippen molar-refractivity contribution in [3.05, 3.63) is 34.9 Å². The lowest BCUT2D eigenvalue weighted by molar-refractivity contribution is -0.132. The van der Waals surface area contributed by atoms with Gasteiger partial charge in [0, 0.05) is 12.6 Å². The summed E-state index contributed by atoms with van der Waals surface area (Å²) in [6, 6.07) is 6.98. The molecule has 0 radical (unpaired) electrons. The van der Waals surface area contributed by atoms with Crippen molar-refractivity contribution in [3.8, 4) is 0 Å². The minimum atomic E-state index is 0.288. The average molecular weight is 287 g/mol. The third-order valence-corrected chi connectivity index (χ3v) is 4.71.